The summed E-state index contributed by atoms with van der Waals surface area (Å²) in [6.45, 7) is 3.89. The number of thioether (sulfide) groups is 1. The van der Waals surface area contributed by atoms with E-state index >= 15 is 0 Å². The smallest absolute Gasteiger partial charge is 0.252 e. The minimum absolute atomic E-state index is 0.254. The Balaban J connectivity index is 2.69. The predicted octanol–water partition coefficient (Wildman–Crippen LogP) is 3.87. The maximum Gasteiger partial charge on any atom is 0.252 e. The number of hydrogen-bond donors (Lipinski definition) is 0. The fourth-order valence-corrected chi connectivity index (χ4v) is 2.01. The standard InChI is InChI=1S/C12H15NO2S/c1-3-10-5-7-12(8-6-10)16-9-11(4-2)13(14)15/h5-9H,3-4H2,1-2H3. The molecule has 0 amide bonds. The van der Waals surface area contributed by atoms with Crippen LogP contribution in [0.15, 0.2) is 40.3 Å². The Morgan fingerprint density at radius 3 is 2.44 bits per heavy atom. The number of allylic oxidation sites excluding steroid dienone is 1. The summed E-state index contributed by atoms with van der Waals surface area (Å²) < 4.78 is 0. The number of nitrogens with zero attached hydrogens (tertiary/aromatic N) is 1. The highest BCUT2D eigenvalue weighted by Crippen LogP contribution is 2.22. The monoisotopic (exact) mass is 237 g/mol. The van der Waals surface area contributed by atoms with Crippen LogP contribution in [0.1, 0.15) is 25.8 Å². The summed E-state index contributed by atoms with van der Waals surface area (Å²) in [5.74, 6) is 0. The molecule has 0 atom stereocenters. The van der Waals surface area contributed by atoms with E-state index < -0.39 is 0 Å². The van der Waals surface area contributed by atoms with Crippen molar-refractivity contribution in [2.24, 2.45) is 0 Å². The highest BCUT2D eigenvalue weighted by atomic mass is 32.2. The lowest BCUT2D eigenvalue weighted by atomic mass is 10.2. The minimum Gasteiger partial charge on any atom is -0.259 e. The molecule has 0 unspecified atom stereocenters. The Bertz CT molecular complexity index is 385. The van der Waals surface area contributed by atoms with Gasteiger partial charge in [0, 0.05) is 16.7 Å². The summed E-state index contributed by atoms with van der Waals surface area (Å²) in [5.41, 5.74) is 1.53. The molecule has 0 saturated heterocycles. The molecule has 0 N–H and O–H groups in total. The highest BCUT2D eigenvalue weighted by molar-refractivity contribution is 8.02. The average molecular weight is 237 g/mol. The average Bonchev–Trinajstić information content (AvgIpc) is 2.30. The van der Waals surface area contributed by atoms with Gasteiger partial charge in [0.15, 0.2) is 0 Å². The van der Waals surface area contributed by atoms with Crippen LogP contribution < -0.4 is 0 Å². The lowest BCUT2D eigenvalue weighted by Gasteiger charge is -1.99. The molecule has 0 bridgehead atoms. The molecule has 0 spiro atoms. The summed E-state index contributed by atoms with van der Waals surface area (Å²) in [6.07, 6.45) is 1.46. The molecule has 1 aromatic rings. The first-order valence-corrected chi connectivity index (χ1v) is 6.14. The zero-order chi connectivity index (χ0) is 12.0. The normalized spacial score (nSPS) is 11.5. The SMILES string of the molecule is CCC(=CSc1ccc(CC)cc1)[N+](=O)[O-]. The topological polar surface area (TPSA) is 43.1 Å². The van der Waals surface area contributed by atoms with Gasteiger partial charge in [-0.1, -0.05) is 37.7 Å². The third-order valence-corrected chi connectivity index (χ3v) is 3.19. The fourth-order valence-electron chi connectivity index (χ4n) is 1.20. The van der Waals surface area contributed by atoms with Gasteiger partial charge in [0.2, 0.25) is 0 Å². The lowest BCUT2D eigenvalue weighted by molar-refractivity contribution is -0.427. The van der Waals surface area contributed by atoms with Crippen LogP contribution >= 0.6 is 11.8 Å². The fraction of sp³-hybridized carbons (Fsp3) is 0.333. The van der Waals surface area contributed by atoms with Crippen LogP contribution in [0.2, 0.25) is 0 Å². The molecule has 0 heterocycles. The second-order valence-corrected chi connectivity index (χ2v) is 4.28. The lowest BCUT2D eigenvalue weighted by Crippen LogP contribution is -1.95. The molecule has 0 aliphatic heterocycles. The van der Waals surface area contributed by atoms with Crippen molar-refractivity contribution in [1.82, 2.24) is 0 Å². The third kappa shape index (κ3) is 3.70. The molecular weight excluding hydrogens is 222 g/mol. The molecule has 86 valence electrons. The van der Waals surface area contributed by atoms with E-state index in [1.165, 1.54) is 17.3 Å². The van der Waals surface area contributed by atoms with E-state index in [2.05, 4.69) is 6.92 Å². The third-order valence-electron chi connectivity index (χ3n) is 2.26. The second-order valence-electron chi connectivity index (χ2n) is 3.34. The van der Waals surface area contributed by atoms with Crippen molar-refractivity contribution in [2.75, 3.05) is 0 Å². The van der Waals surface area contributed by atoms with E-state index in [0.29, 0.717) is 6.42 Å². The Labute approximate surface area is 99.7 Å². The first-order valence-electron chi connectivity index (χ1n) is 5.26. The van der Waals surface area contributed by atoms with Crippen LogP contribution in [0.3, 0.4) is 0 Å². The Morgan fingerprint density at radius 1 is 1.38 bits per heavy atom. The van der Waals surface area contributed by atoms with Crippen molar-refractivity contribution in [1.29, 1.82) is 0 Å². The first kappa shape index (κ1) is 12.8. The van der Waals surface area contributed by atoms with Gasteiger partial charge in [-0.25, -0.2) is 0 Å². The predicted molar refractivity (Wildman–Crippen MR) is 67.0 cm³/mol. The van der Waals surface area contributed by atoms with Crippen molar-refractivity contribution in [2.45, 2.75) is 31.6 Å². The van der Waals surface area contributed by atoms with Crippen LogP contribution in [-0.2, 0) is 6.42 Å². The molecule has 0 radical (unpaired) electrons. The summed E-state index contributed by atoms with van der Waals surface area (Å²) in [5, 5.41) is 12.2. The summed E-state index contributed by atoms with van der Waals surface area (Å²) in [4.78, 5) is 11.3. The molecule has 0 aromatic heterocycles. The molecule has 3 nitrogen and oxygen atoms in total. The maximum atomic E-state index is 10.6. The van der Waals surface area contributed by atoms with Crippen molar-refractivity contribution < 1.29 is 4.92 Å². The molecule has 1 aromatic carbocycles. The number of hydrogen-bond acceptors (Lipinski definition) is 3. The Kier molecular flexibility index (Phi) is 5.05. The molecule has 16 heavy (non-hydrogen) atoms. The van der Waals surface area contributed by atoms with Crippen LogP contribution in [0, 0.1) is 10.1 Å². The number of benzene rings is 1. The zero-order valence-corrected chi connectivity index (χ0v) is 10.3. The highest BCUT2D eigenvalue weighted by Gasteiger charge is 2.06. The van der Waals surface area contributed by atoms with Crippen molar-refractivity contribution in [3.8, 4) is 0 Å². The van der Waals surface area contributed by atoms with Gasteiger partial charge in [-0.3, -0.25) is 10.1 Å². The van der Waals surface area contributed by atoms with Crippen LogP contribution in [0.5, 0.6) is 0 Å². The van der Waals surface area contributed by atoms with Crippen LogP contribution in [0.4, 0.5) is 0 Å². The summed E-state index contributed by atoms with van der Waals surface area (Å²) in [6, 6.07) is 8.09. The van der Waals surface area contributed by atoms with E-state index in [1.807, 2.05) is 24.3 Å². The molecular formula is C12H15NO2S. The van der Waals surface area contributed by atoms with Crippen molar-refractivity contribution in [3.05, 3.63) is 51.0 Å². The van der Waals surface area contributed by atoms with Gasteiger partial charge in [-0.15, -0.1) is 0 Å². The quantitative estimate of drug-likeness (QED) is 0.443. The van der Waals surface area contributed by atoms with Gasteiger partial charge >= 0.3 is 0 Å². The largest absolute Gasteiger partial charge is 0.259 e. The van der Waals surface area contributed by atoms with E-state index in [9.17, 15) is 10.1 Å². The molecule has 0 fully saturated rings. The molecule has 4 heteroatoms. The minimum atomic E-state index is -0.326. The summed E-state index contributed by atoms with van der Waals surface area (Å²) >= 11 is 1.40. The molecule has 1 rings (SSSR count). The first-order chi connectivity index (χ1) is 7.67. The van der Waals surface area contributed by atoms with E-state index in [0.717, 1.165) is 11.3 Å². The van der Waals surface area contributed by atoms with Gasteiger partial charge in [0.1, 0.15) is 0 Å². The van der Waals surface area contributed by atoms with Gasteiger partial charge in [-0.05, 0) is 24.1 Å². The molecule has 0 aliphatic rings. The van der Waals surface area contributed by atoms with E-state index in [1.54, 1.807) is 12.3 Å². The van der Waals surface area contributed by atoms with Crippen molar-refractivity contribution in [3.63, 3.8) is 0 Å². The van der Waals surface area contributed by atoms with Gasteiger partial charge in [-0.2, -0.15) is 0 Å². The van der Waals surface area contributed by atoms with Gasteiger partial charge < -0.3 is 0 Å². The number of nitro groups is 1. The number of aryl methyl sites for hydroxylation is 1. The van der Waals surface area contributed by atoms with E-state index in [-0.39, 0.29) is 10.6 Å². The second kappa shape index (κ2) is 6.33. The maximum absolute atomic E-state index is 10.6. The van der Waals surface area contributed by atoms with Gasteiger partial charge in [0.25, 0.3) is 5.70 Å². The van der Waals surface area contributed by atoms with Crippen molar-refractivity contribution >= 4 is 11.8 Å². The zero-order valence-electron chi connectivity index (χ0n) is 9.47. The number of rotatable bonds is 5. The van der Waals surface area contributed by atoms with Crippen LogP contribution in [0.25, 0.3) is 0 Å². The van der Waals surface area contributed by atoms with Gasteiger partial charge in [0.05, 0.1) is 4.92 Å². The molecule has 0 aliphatic carbocycles. The van der Waals surface area contributed by atoms with E-state index in [4.69, 9.17) is 0 Å². The Morgan fingerprint density at radius 2 is 2.00 bits per heavy atom. The summed E-state index contributed by atoms with van der Waals surface area (Å²) in [7, 11) is 0. The molecule has 0 saturated carbocycles. The van der Waals surface area contributed by atoms with Crippen LogP contribution in [-0.4, -0.2) is 4.92 Å². The Hall–Kier alpha value is -1.29.